The van der Waals surface area contributed by atoms with Gasteiger partial charge in [0.25, 0.3) is 15.7 Å². The third-order valence-electron chi connectivity index (χ3n) is 2.48. The fourth-order valence-electron chi connectivity index (χ4n) is 1.49. The number of aromatic nitrogens is 2. The van der Waals surface area contributed by atoms with E-state index < -0.39 is 14.9 Å². The van der Waals surface area contributed by atoms with Gasteiger partial charge in [0.05, 0.1) is 21.4 Å². The Morgan fingerprint density at radius 3 is 2.67 bits per heavy atom. The van der Waals surface area contributed by atoms with E-state index in [-0.39, 0.29) is 26.0 Å². The maximum absolute atomic E-state index is 12.1. The molecule has 2 rings (SSSR count). The van der Waals surface area contributed by atoms with Crippen molar-refractivity contribution in [3.05, 3.63) is 44.3 Å². The number of hydrogen-bond donors (Lipinski definition) is 1. The molecule has 0 saturated heterocycles. The Balaban J connectivity index is 2.40. The van der Waals surface area contributed by atoms with E-state index in [0.717, 1.165) is 6.07 Å². The van der Waals surface area contributed by atoms with Crippen molar-refractivity contribution in [2.45, 2.75) is 5.03 Å². The van der Waals surface area contributed by atoms with Crippen LogP contribution in [0, 0.1) is 10.1 Å². The molecule has 0 spiro atoms. The lowest BCUT2D eigenvalue weighted by Crippen LogP contribution is -2.14. The first-order valence-electron chi connectivity index (χ1n) is 5.36. The van der Waals surface area contributed by atoms with Gasteiger partial charge in [-0.3, -0.25) is 14.8 Å². The molecule has 0 aliphatic heterocycles. The topological polar surface area (TPSA) is 107 Å². The molecular weight excluding hydrogens is 388 g/mol. The van der Waals surface area contributed by atoms with Crippen LogP contribution in [0.3, 0.4) is 0 Å². The molecule has 1 aromatic heterocycles. The van der Waals surface area contributed by atoms with Crippen molar-refractivity contribution >= 4 is 48.9 Å². The number of nitro groups is 1. The minimum absolute atomic E-state index is 0.0339. The van der Waals surface area contributed by atoms with Gasteiger partial charge in [-0.1, -0.05) is 11.6 Å². The van der Waals surface area contributed by atoms with Crippen molar-refractivity contribution in [1.82, 2.24) is 9.55 Å². The first-order chi connectivity index (χ1) is 9.72. The normalized spacial score (nSPS) is 11.4. The molecule has 1 N–H and O–H groups in total. The predicted molar refractivity (Wildman–Crippen MR) is 79.8 cm³/mol. The Kier molecular flexibility index (Phi) is 4.21. The molecule has 0 fully saturated rings. The number of hydrogen-bond acceptors (Lipinski definition) is 5. The fraction of sp³-hybridized carbons (Fsp3) is 0.100. The lowest BCUT2D eigenvalue weighted by Gasteiger charge is -2.07. The van der Waals surface area contributed by atoms with E-state index in [1.165, 1.54) is 23.0 Å². The van der Waals surface area contributed by atoms with Gasteiger partial charge in [-0.15, -0.1) is 0 Å². The first kappa shape index (κ1) is 15.7. The number of nitrogens with zero attached hydrogens (tertiary/aromatic N) is 3. The van der Waals surface area contributed by atoms with Crippen LogP contribution in [0.25, 0.3) is 0 Å². The zero-order valence-electron chi connectivity index (χ0n) is 10.4. The Morgan fingerprint density at radius 1 is 1.48 bits per heavy atom. The number of sulfonamides is 1. The van der Waals surface area contributed by atoms with E-state index >= 15 is 0 Å². The van der Waals surface area contributed by atoms with E-state index in [1.54, 1.807) is 7.05 Å². The minimum Gasteiger partial charge on any atom is -0.324 e. The van der Waals surface area contributed by atoms with Crippen molar-refractivity contribution in [2.24, 2.45) is 7.05 Å². The molecule has 21 heavy (non-hydrogen) atoms. The minimum atomic E-state index is -4.03. The third-order valence-corrected chi connectivity index (χ3v) is 5.02. The molecule has 0 radical (unpaired) electrons. The van der Waals surface area contributed by atoms with Crippen molar-refractivity contribution in [3.63, 3.8) is 0 Å². The van der Waals surface area contributed by atoms with E-state index in [2.05, 4.69) is 25.6 Å². The second-order valence-corrected chi connectivity index (χ2v) is 6.79. The molecule has 0 bridgehead atoms. The van der Waals surface area contributed by atoms with Crippen LogP contribution in [0.1, 0.15) is 0 Å². The average Bonchev–Trinajstić information content (AvgIpc) is 2.72. The highest BCUT2D eigenvalue weighted by atomic mass is 79.9. The Hall–Kier alpha value is -1.65. The van der Waals surface area contributed by atoms with Crippen molar-refractivity contribution in [2.75, 3.05) is 4.72 Å². The maximum Gasteiger partial charge on any atom is 0.285 e. The monoisotopic (exact) mass is 394 g/mol. The van der Waals surface area contributed by atoms with Crippen LogP contribution in [0.2, 0.25) is 5.15 Å². The molecular formula is C10H8BrClN4O4S. The zero-order valence-corrected chi connectivity index (χ0v) is 13.6. The SMILES string of the molecule is Cn1cnc(S(=O)(=O)Nc2ccc(Br)c([N+](=O)[O-])c2)c1Cl. The van der Waals surface area contributed by atoms with Gasteiger partial charge >= 0.3 is 0 Å². The van der Waals surface area contributed by atoms with E-state index in [9.17, 15) is 18.5 Å². The lowest BCUT2D eigenvalue weighted by molar-refractivity contribution is -0.385. The van der Waals surface area contributed by atoms with Crippen LogP contribution >= 0.6 is 27.5 Å². The van der Waals surface area contributed by atoms with Gasteiger partial charge in [0.15, 0.2) is 0 Å². The highest BCUT2D eigenvalue weighted by molar-refractivity contribution is 9.10. The summed E-state index contributed by atoms with van der Waals surface area (Å²) in [6, 6.07) is 3.85. The number of imidazole rings is 1. The number of nitrogens with one attached hydrogen (secondary N) is 1. The highest BCUT2D eigenvalue weighted by Gasteiger charge is 2.23. The molecule has 0 atom stereocenters. The molecule has 0 unspecified atom stereocenters. The van der Waals surface area contributed by atoms with Crippen LogP contribution in [0.4, 0.5) is 11.4 Å². The number of aryl methyl sites for hydroxylation is 1. The van der Waals surface area contributed by atoms with Gasteiger partial charge in [0.1, 0.15) is 5.15 Å². The Labute approximate surface area is 133 Å². The maximum atomic E-state index is 12.1. The average molecular weight is 396 g/mol. The standard InChI is InChI=1S/C10H8BrClN4O4S/c1-15-5-13-10(9(15)12)21(19,20)14-6-2-3-7(11)8(4-6)16(17)18/h2-5,14H,1H3. The third kappa shape index (κ3) is 3.17. The second-order valence-electron chi connectivity index (χ2n) is 3.98. The summed E-state index contributed by atoms with van der Waals surface area (Å²) in [6.45, 7) is 0. The molecule has 8 nitrogen and oxygen atoms in total. The van der Waals surface area contributed by atoms with Crippen LogP contribution in [-0.4, -0.2) is 22.9 Å². The number of benzene rings is 1. The van der Waals surface area contributed by atoms with E-state index in [1.807, 2.05) is 0 Å². The summed E-state index contributed by atoms with van der Waals surface area (Å²) in [5.74, 6) is 0. The summed E-state index contributed by atoms with van der Waals surface area (Å²) in [4.78, 5) is 13.9. The summed E-state index contributed by atoms with van der Waals surface area (Å²) in [6.07, 6.45) is 1.25. The quantitative estimate of drug-likeness (QED) is 0.632. The van der Waals surface area contributed by atoms with Gasteiger partial charge in [0, 0.05) is 13.1 Å². The predicted octanol–water partition coefficient (Wildman–Crippen LogP) is 2.54. The Morgan fingerprint density at radius 2 is 2.14 bits per heavy atom. The number of rotatable bonds is 4. The smallest absolute Gasteiger partial charge is 0.285 e. The van der Waals surface area contributed by atoms with Gasteiger partial charge in [-0.05, 0) is 28.1 Å². The molecule has 0 saturated carbocycles. The molecule has 0 aliphatic rings. The molecule has 1 aromatic carbocycles. The van der Waals surface area contributed by atoms with E-state index in [4.69, 9.17) is 11.6 Å². The van der Waals surface area contributed by atoms with E-state index in [0.29, 0.717) is 0 Å². The second kappa shape index (κ2) is 5.62. The van der Waals surface area contributed by atoms with Crippen molar-refractivity contribution < 1.29 is 13.3 Å². The Bertz CT molecular complexity index is 820. The summed E-state index contributed by atoms with van der Waals surface area (Å²) < 4.78 is 28.1. The summed E-state index contributed by atoms with van der Waals surface area (Å²) in [5.41, 5.74) is -0.228. The van der Waals surface area contributed by atoms with Gasteiger partial charge in [0.2, 0.25) is 5.03 Å². The number of halogens is 2. The zero-order chi connectivity index (χ0) is 15.8. The molecule has 0 aliphatic carbocycles. The van der Waals surface area contributed by atoms with Crippen LogP contribution in [0.15, 0.2) is 34.0 Å². The largest absolute Gasteiger partial charge is 0.324 e. The summed E-state index contributed by atoms with van der Waals surface area (Å²) in [7, 11) is -2.49. The van der Waals surface area contributed by atoms with Crippen LogP contribution < -0.4 is 4.72 Å². The van der Waals surface area contributed by atoms with Crippen molar-refractivity contribution in [1.29, 1.82) is 0 Å². The van der Waals surface area contributed by atoms with Crippen LogP contribution in [-0.2, 0) is 17.1 Å². The highest BCUT2D eigenvalue weighted by Crippen LogP contribution is 2.29. The first-order valence-corrected chi connectivity index (χ1v) is 8.01. The molecule has 112 valence electrons. The molecule has 1 heterocycles. The van der Waals surface area contributed by atoms with Crippen LogP contribution in [0.5, 0.6) is 0 Å². The molecule has 2 aromatic rings. The summed E-state index contributed by atoms with van der Waals surface area (Å²) in [5, 5.41) is 10.4. The van der Waals surface area contributed by atoms with Gasteiger partial charge in [-0.25, -0.2) is 4.98 Å². The molecule has 11 heteroatoms. The fourth-order valence-corrected chi connectivity index (χ4v) is 3.37. The van der Waals surface area contributed by atoms with Gasteiger partial charge in [-0.2, -0.15) is 8.42 Å². The van der Waals surface area contributed by atoms with Gasteiger partial charge < -0.3 is 4.57 Å². The summed E-state index contributed by atoms with van der Waals surface area (Å²) >= 11 is 8.85. The number of anilines is 1. The van der Waals surface area contributed by atoms with Crippen molar-refractivity contribution in [3.8, 4) is 0 Å². The number of nitro benzene ring substituents is 1. The lowest BCUT2D eigenvalue weighted by atomic mass is 10.3. The molecule has 0 amide bonds.